The van der Waals surface area contributed by atoms with E-state index in [2.05, 4.69) is 148 Å². The summed E-state index contributed by atoms with van der Waals surface area (Å²) in [6.07, 6.45) is 11.5. The molecular formula is C56H70N3O8PS. The molecule has 5 aromatic rings. The number of piperidine rings is 2. The Morgan fingerprint density at radius 2 is 1.06 bits per heavy atom. The van der Waals surface area contributed by atoms with Crippen molar-refractivity contribution in [1.82, 2.24) is 9.80 Å². The minimum Gasteiger partial charge on any atom is -0.497 e. The lowest BCUT2D eigenvalue weighted by molar-refractivity contribution is -0.258. The minimum atomic E-state index is -1.91. The fourth-order valence-electron chi connectivity index (χ4n) is 7.95. The maximum absolute atomic E-state index is 11.2. The Kier molecular flexibility index (Phi) is 28.1. The van der Waals surface area contributed by atoms with Crippen molar-refractivity contribution in [2.45, 2.75) is 77.5 Å². The van der Waals surface area contributed by atoms with E-state index in [1.165, 1.54) is 79.8 Å². The number of nitriles is 1. The third-order valence-corrected chi connectivity index (χ3v) is 15.3. The Labute approximate surface area is 416 Å². The Hall–Kier alpha value is -5.77. The summed E-state index contributed by atoms with van der Waals surface area (Å²) >= 11 is 3.33. The number of nitrogens with zero attached hydrogens (tertiary/aromatic N) is 3. The van der Waals surface area contributed by atoms with Crippen LogP contribution in [0.15, 0.2) is 152 Å². The molecular weight excluding hydrogens is 906 g/mol. The lowest BCUT2D eigenvalue weighted by atomic mass is 10.0. The number of methoxy groups -OCH3 is 3. The van der Waals surface area contributed by atoms with Gasteiger partial charge in [0.05, 0.1) is 40.6 Å². The molecule has 0 aliphatic carbocycles. The molecule has 2 aliphatic heterocycles. The van der Waals surface area contributed by atoms with Gasteiger partial charge in [0, 0.05) is 39.1 Å². The van der Waals surface area contributed by atoms with E-state index in [9.17, 15) is 14.4 Å². The highest BCUT2D eigenvalue weighted by Gasteiger charge is 2.25. The van der Waals surface area contributed by atoms with Crippen molar-refractivity contribution in [2.24, 2.45) is 0 Å². The van der Waals surface area contributed by atoms with E-state index in [4.69, 9.17) is 24.5 Å². The van der Waals surface area contributed by atoms with Gasteiger partial charge in [0.15, 0.2) is 5.12 Å². The molecule has 2 aliphatic rings. The minimum absolute atomic E-state index is 0.103. The normalized spacial score (nSPS) is 15.6. The average Bonchev–Trinajstić information content (AvgIpc) is 3.39. The molecule has 0 aromatic heterocycles. The van der Waals surface area contributed by atoms with E-state index in [1.54, 1.807) is 27.4 Å². The number of hydrogen-bond acceptors (Lipinski definition) is 11. The number of hydrogen-bond donors (Lipinski definition) is 1. The zero-order valence-electron chi connectivity index (χ0n) is 41.0. The van der Waals surface area contributed by atoms with E-state index in [-0.39, 0.29) is 17.1 Å². The number of rotatable bonds is 15. The molecule has 2 atom stereocenters. The maximum atomic E-state index is 11.2. The molecule has 0 radical (unpaired) electrons. The highest BCUT2D eigenvalue weighted by Crippen LogP contribution is 2.43. The molecule has 0 amide bonds. The molecule has 5 aromatic carbocycles. The van der Waals surface area contributed by atoms with Gasteiger partial charge >= 0.3 is 5.97 Å². The van der Waals surface area contributed by atoms with Gasteiger partial charge in [-0.3, -0.25) is 14.6 Å². The summed E-state index contributed by atoms with van der Waals surface area (Å²) in [5.41, 5.74) is 2.49. The van der Waals surface area contributed by atoms with Crippen molar-refractivity contribution in [3.05, 3.63) is 163 Å². The topological polar surface area (TPSA) is 128 Å². The third kappa shape index (κ3) is 20.4. The smallest absolute Gasteiger partial charge is 0.330 e. The van der Waals surface area contributed by atoms with Gasteiger partial charge in [0.25, 0.3) is 0 Å². The molecule has 2 fully saturated rings. The second kappa shape index (κ2) is 33.7. The number of carbonyl (C=O) groups excluding carboxylic acids is 3. The van der Waals surface area contributed by atoms with E-state index in [0.29, 0.717) is 12.6 Å². The number of benzene rings is 5. The number of thiol groups is 1. The van der Waals surface area contributed by atoms with Crippen LogP contribution in [0, 0.1) is 11.3 Å². The second-order valence-electron chi connectivity index (χ2n) is 15.9. The van der Waals surface area contributed by atoms with Crippen LogP contribution >= 0.6 is 19.5 Å². The van der Waals surface area contributed by atoms with Crippen LogP contribution in [-0.4, -0.2) is 93.2 Å². The average molecular weight is 976 g/mol. The first-order chi connectivity index (χ1) is 33.6. The van der Waals surface area contributed by atoms with Crippen LogP contribution < -0.4 is 25.4 Å². The SMILES string of the molecule is CC#N.CC(=O)S.COC(=O)C=CC1CCCCN1Cc1ccc(OC)cc1.COOCC=P(c1ccccc1)(c1ccccc1)c1ccccc1.COc1ccc(CN2CCCCC2C=O)cc1. The molecule has 2 saturated heterocycles. The number of ether oxygens (including phenoxy) is 3. The molecule has 0 N–H and O–H groups in total. The molecule has 13 heteroatoms. The molecule has 2 heterocycles. The van der Waals surface area contributed by atoms with Crippen molar-refractivity contribution >= 4 is 58.6 Å². The monoisotopic (exact) mass is 975 g/mol. The quantitative estimate of drug-likeness (QED) is 0.0158. The molecule has 0 spiro atoms. The summed E-state index contributed by atoms with van der Waals surface area (Å²) in [6.45, 7) is 5.17. The molecule has 0 saturated carbocycles. The fraction of sp³-hybridized carbons (Fsp3) is 0.339. The lowest BCUT2D eigenvalue weighted by Crippen LogP contribution is -2.39. The van der Waals surface area contributed by atoms with Crippen LogP contribution in [0.1, 0.15) is 63.5 Å². The van der Waals surface area contributed by atoms with Crippen molar-refractivity contribution in [3.63, 3.8) is 0 Å². The number of carbonyl (C=O) groups is 3. The summed E-state index contributed by atoms with van der Waals surface area (Å²) in [4.78, 5) is 46.3. The van der Waals surface area contributed by atoms with Gasteiger partial charge in [-0.05, 0) is 103 Å². The van der Waals surface area contributed by atoms with Gasteiger partial charge in [-0.2, -0.15) is 5.26 Å². The zero-order valence-corrected chi connectivity index (χ0v) is 42.8. The Morgan fingerprint density at radius 1 is 0.667 bits per heavy atom. The van der Waals surface area contributed by atoms with Gasteiger partial charge in [-0.25, -0.2) is 14.6 Å². The summed E-state index contributed by atoms with van der Waals surface area (Å²) in [5, 5.41) is 11.1. The van der Waals surface area contributed by atoms with Crippen LogP contribution in [0.5, 0.6) is 11.5 Å². The Balaban J connectivity index is 0.000000259. The van der Waals surface area contributed by atoms with Crippen molar-refractivity contribution in [3.8, 4) is 17.6 Å². The van der Waals surface area contributed by atoms with Crippen LogP contribution in [0.25, 0.3) is 0 Å². The first kappa shape index (κ1) is 57.5. The number of esters is 1. The van der Waals surface area contributed by atoms with Crippen LogP contribution in [0.3, 0.4) is 0 Å². The maximum Gasteiger partial charge on any atom is 0.330 e. The highest BCUT2D eigenvalue weighted by molar-refractivity contribution is 7.96. The van der Waals surface area contributed by atoms with E-state index < -0.39 is 6.89 Å². The lowest BCUT2D eigenvalue weighted by Gasteiger charge is -2.34. The van der Waals surface area contributed by atoms with Crippen LogP contribution in [-0.2, 0) is 42.0 Å². The summed E-state index contributed by atoms with van der Waals surface area (Å²) in [5.74, 6) is 3.74. The van der Waals surface area contributed by atoms with Crippen molar-refractivity contribution in [1.29, 1.82) is 5.26 Å². The number of aldehydes is 1. The van der Waals surface area contributed by atoms with Gasteiger partial charge < -0.3 is 19.0 Å². The van der Waals surface area contributed by atoms with Crippen LogP contribution in [0.2, 0.25) is 0 Å². The molecule has 2 unspecified atom stereocenters. The van der Waals surface area contributed by atoms with Gasteiger partial charge in [0.2, 0.25) is 0 Å². The molecule has 11 nitrogen and oxygen atoms in total. The fourth-order valence-corrected chi connectivity index (χ4v) is 11.7. The highest BCUT2D eigenvalue weighted by atomic mass is 32.1. The predicted molar refractivity (Wildman–Crippen MR) is 284 cm³/mol. The summed E-state index contributed by atoms with van der Waals surface area (Å²) in [7, 11) is 6.29. The third-order valence-electron chi connectivity index (χ3n) is 11.3. The predicted octanol–water partition coefficient (Wildman–Crippen LogP) is 9.38. The van der Waals surface area contributed by atoms with E-state index in [0.717, 1.165) is 56.8 Å². The Morgan fingerprint density at radius 3 is 1.42 bits per heavy atom. The number of likely N-dealkylation sites (tertiary alicyclic amines) is 2. The van der Waals surface area contributed by atoms with Gasteiger partial charge in [-0.1, -0.05) is 134 Å². The molecule has 7 rings (SSSR count). The van der Waals surface area contributed by atoms with Gasteiger partial charge in [0.1, 0.15) is 24.4 Å². The second-order valence-corrected chi connectivity index (χ2v) is 19.9. The summed E-state index contributed by atoms with van der Waals surface area (Å²) < 4.78 is 15.0. The Bertz CT molecular complexity index is 2220. The zero-order chi connectivity index (χ0) is 50.1. The van der Waals surface area contributed by atoms with Gasteiger partial charge in [-0.15, -0.1) is 12.6 Å². The van der Waals surface area contributed by atoms with E-state index in [1.807, 2.05) is 30.3 Å². The first-order valence-electron chi connectivity index (χ1n) is 23.1. The summed E-state index contributed by atoms with van der Waals surface area (Å²) in [6, 6.07) is 50.4. The van der Waals surface area contributed by atoms with E-state index >= 15 is 0 Å². The van der Waals surface area contributed by atoms with Crippen molar-refractivity contribution < 1.29 is 38.4 Å². The molecule has 69 heavy (non-hydrogen) atoms. The largest absolute Gasteiger partial charge is 0.497 e. The molecule has 368 valence electrons. The first-order valence-corrected chi connectivity index (χ1v) is 25.4. The van der Waals surface area contributed by atoms with Crippen molar-refractivity contribution in [2.75, 3.05) is 48.1 Å². The molecule has 0 bridgehead atoms. The van der Waals surface area contributed by atoms with Crippen LogP contribution in [0.4, 0.5) is 0 Å². The standard InChI is InChI=1S/C21H21O2P.C17H23NO3.C14H19NO2.C2H3N.C2H4OS/c1-22-23-17-18-24(19-11-5-2-6-12-19,20-13-7-3-8-14-20)21-15-9-4-10-16-21;1-20-16-9-6-14(7-10-16)13-18-12-4-3-5-15(18)8-11-17(19)21-2;1-17-14-7-5-12(6-8-14)10-15-9-3-2-4-13(15)11-16;1-2-3;1-2(3)4/h2-16,18H,17H2,1H3;6-11,15H,3-5,12-13H2,1-2H3;5-8,11,13H,2-4,9-10H2,1H3;1H3;1H3,(H,3,4).